The number of hydrogen-bond donors (Lipinski definition) is 0. The molecule has 7 heteroatoms. The van der Waals surface area contributed by atoms with Gasteiger partial charge in [0, 0.05) is 24.6 Å². The van der Waals surface area contributed by atoms with Gasteiger partial charge in [0.05, 0.1) is 11.1 Å². The van der Waals surface area contributed by atoms with E-state index in [-0.39, 0.29) is 25.0 Å². The molecule has 0 unspecified atom stereocenters. The van der Waals surface area contributed by atoms with Crippen molar-refractivity contribution in [2.75, 3.05) is 33.0 Å². The van der Waals surface area contributed by atoms with Gasteiger partial charge in [0.15, 0.2) is 11.5 Å². The van der Waals surface area contributed by atoms with Crippen LogP contribution in [-0.4, -0.2) is 37.9 Å². The summed E-state index contributed by atoms with van der Waals surface area (Å²) in [4.78, 5) is 2.53. The first kappa shape index (κ1) is 23.2. The van der Waals surface area contributed by atoms with E-state index in [1.807, 2.05) is 24.3 Å². The van der Waals surface area contributed by atoms with Crippen molar-refractivity contribution < 1.29 is 18.6 Å². The van der Waals surface area contributed by atoms with Crippen molar-refractivity contribution in [3.63, 3.8) is 0 Å². The number of piperidine rings is 1. The van der Waals surface area contributed by atoms with E-state index in [0.29, 0.717) is 24.2 Å². The average molecular weight is 501 g/mol. The fourth-order valence-electron chi connectivity index (χ4n) is 4.22. The molecule has 0 N–H and O–H groups in total. The lowest BCUT2D eigenvalue weighted by atomic mass is 9.80. The molecule has 2 heterocycles. The monoisotopic (exact) mass is 499 g/mol. The first-order chi connectivity index (χ1) is 14.1. The van der Waals surface area contributed by atoms with E-state index >= 15 is 0 Å². The van der Waals surface area contributed by atoms with E-state index in [4.69, 9.17) is 14.2 Å². The molecule has 0 spiro atoms. The minimum absolute atomic E-state index is 0. The third-order valence-electron chi connectivity index (χ3n) is 5.82. The maximum atomic E-state index is 13.4. The molecular formula is C23H28BrClFNO3. The number of fused-ring (bicyclic) bond motifs is 1. The van der Waals surface area contributed by atoms with Gasteiger partial charge >= 0.3 is 0 Å². The van der Waals surface area contributed by atoms with Crippen LogP contribution in [0.1, 0.15) is 37.7 Å². The fourth-order valence-corrected chi connectivity index (χ4v) is 4.65. The van der Waals surface area contributed by atoms with E-state index in [0.717, 1.165) is 42.0 Å². The Balaban J connectivity index is 0.00000256. The number of ether oxygens (including phenoxy) is 3. The van der Waals surface area contributed by atoms with Crippen molar-refractivity contribution in [2.24, 2.45) is 5.92 Å². The molecule has 2 aromatic carbocycles. The van der Waals surface area contributed by atoms with E-state index in [9.17, 15) is 4.39 Å². The summed E-state index contributed by atoms with van der Waals surface area (Å²) in [5.41, 5.74) is 1.19. The Bertz CT molecular complexity index is 836. The molecule has 0 saturated carbocycles. The fraction of sp³-hybridized carbons (Fsp3) is 0.478. The second-order valence-corrected chi connectivity index (χ2v) is 8.66. The summed E-state index contributed by atoms with van der Waals surface area (Å²) in [6.07, 6.45) is 3.47. The van der Waals surface area contributed by atoms with Crippen LogP contribution in [0.15, 0.2) is 40.9 Å². The molecule has 4 nitrogen and oxygen atoms in total. The predicted molar refractivity (Wildman–Crippen MR) is 122 cm³/mol. The molecule has 30 heavy (non-hydrogen) atoms. The van der Waals surface area contributed by atoms with Crippen LogP contribution in [0.25, 0.3) is 0 Å². The maximum absolute atomic E-state index is 13.4. The number of unbranched alkanes of at least 4 members (excludes halogenated alkanes) is 1. The summed E-state index contributed by atoms with van der Waals surface area (Å²) in [7, 11) is 0. The van der Waals surface area contributed by atoms with Crippen molar-refractivity contribution in [3.05, 3.63) is 52.3 Å². The highest BCUT2D eigenvalue weighted by Crippen LogP contribution is 2.41. The third-order valence-corrected chi connectivity index (χ3v) is 6.44. The first-order valence-electron chi connectivity index (χ1n) is 10.3. The van der Waals surface area contributed by atoms with E-state index in [1.54, 1.807) is 12.1 Å². The quantitative estimate of drug-likeness (QED) is 0.465. The molecule has 0 aromatic heterocycles. The van der Waals surface area contributed by atoms with Gasteiger partial charge in [-0.15, -0.1) is 12.4 Å². The van der Waals surface area contributed by atoms with Gasteiger partial charge in [0.1, 0.15) is 11.6 Å². The summed E-state index contributed by atoms with van der Waals surface area (Å²) < 4.78 is 31.4. The summed E-state index contributed by atoms with van der Waals surface area (Å²) in [6, 6.07) is 10.7. The van der Waals surface area contributed by atoms with Gasteiger partial charge in [-0.3, -0.25) is 0 Å². The molecule has 0 aliphatic carbocycles. The van der Waals surface area contributed by atoms with Crippen LogP contribution in [-0.2, 0) is 0 Å². The lowest BCUT2D eigenvalue weighted by Gasteiger charge is -2.39. The van der Waals surface area contributed by atoms with E-state index in [1.165, 1.54) is 18.4 Å². The number of nitrogens with zero attached hydrogens (tertiary/aromatic N) is 1. The highest BCUT2D eigenvalue weighted by molar-refractivity contribution is 9.10. The van der Waals surface area contributed by atoms with Crippen LogP contribution in [0.2, 0.25) is 0 Å². The molecular weight excluding hydrogens is 473 g/mol. The van der Waals surface area contributed by atoms with Crippen LogP contribution < -0.4 is 14.2 Å². The summed E-state index contributed by atoms with van der Waals surface area (Å²) >= 11 is 3.58. The lowest BCUT2D eigenvalue weighted by molar-refractivity contribution is 0.109. The highest BCUT2D eigenvalue weighted by Gasteiger charge is 2.31. The van der Waals surface area contributed by atoms with Crippen LogP contribution >= 0.6 is 28.3 Å². The van der Waals surface area contributed by atoms with E-state index in [2.05, 4.69) is 27.8 Å². The Morgan fingerprint density at radius 3 is 2.63 bits per heavy atom. The van der Waals surface area contributed by atoms with E-state index < -0.39 is 0 Å². The zero-order valence-electron chi connectivity index (χ0n) is 17.1. The molecule has 164 valence electrons. The van der Waals surface area contributed by atoms with Crippen molar-refractivity contribution >= 4 is 28.3 Å². The largest absolute Gasteiger partial charge is 0.492 e. The zero-order valence-corrected chi connectivity index (χ0v) is 19.5. The number of rotatable bonds is 7. The Morgan fingerprint density at radius 2 is 1.90 bits per heavy atom. The van der Waals surface area contributed by atoms with Gasteiger partial charge in [0.2, 0.25) is 6.79 Å². The van der Waals surface area contributed by atoms with Crippen LogP contribution in [0.4, 0.5) is 4.39 Å². The first-order valence-corrected chi connectivity index (χ1v) is 11.1. The van der Waals surface area contributed by atoms with Crippen molar-refractivity contribution in [3.8, 4) is 17.2 Å². The number of benzene rings is 2. The van der Waals surface area contributed by atoms with Gasteiger partial charge in [-0.2, -0.15) is 0 Å². The Kier molecular flexibility index (Phi) is 8.26. The van der Waals surface area contributed by atoms with Crippen molar-refractivity contribution in [2.45, 2.75) is 32.1 Å². The molecule has 2 aromatic rings. The third kappa shape index (κ3) is 5.40. The van der Waals surface area contributed by atoms with Gasteiger partial charge in [-0.05, 0) is 65.5 Å². The average Bonchev–Trinajstić information content (AvgIpc) is 3.18. The molecule has 2 atom stereocenters. The topological polar surface area (TPSA) is 30.9 Å². The molecule has 4 rings (SSSR count). The highest BCUT2D eigenvalue weighted by atomic mass is 79.9. The lowest BCUT2D eigenvalue weighted by Crippen LogP contribution is -2.42. The molecule has 2 aliphatic rings. The normalized spacial score (nSPS) is 20.6. The maximum Gasteiger partial charge on any atom is 0.231 e. The van der Waals surface area contributed by atoms with Crippen LogP contribution in [0.5, 0.6) is 17.2 Å². The summed E-state index contributed by atoms with van der Waals surface area (Å²) in [5, 5.41) is 0. The smallest absolute Gasteiger partial charge is 0.231 e. The number of likely N-dealkylation sites (tertiary alicyclic amines) is 1. The molecule has 0 amide bonds. The summed E-state index contributed by atoms with van der Waals surface area (Å²) in [6.45, 7) is 6.26. The van der Waals surface area contributed by atoms with Gasteiger partial charge in [0.25, 0.3) is 0 Å². The Labute approximate surface area is 192 Å². The minimum Gasteiger partial charge on any atom is -0.492 e. The second kappa shape index (κ2) is 10.7. The minimum atomic E-state index is -0.189. The SMILES string of the molecule is CCCCN1CC[C@H](c2ccc(F)cc2)[C@@H](COc2cc3c(cc2Br)OCO3)C1.Cl. The second-order valence-electron chi connectivity index (χ2n) is 7.81. The number of halogens is 3. The summed E-state index contributed by atoms with van der Waals surface area (Å²) in [5.74, 6) is 2.72. The molecule has 0 radical (unpaired) electrons. The molecule has 1 fully saturated rings. The predicted octanol–water partition coefficient (Wildman–Crippen LogP) is 6.02. The Hall–Kier alpha value is -1.50. The van der Waals surface area contributed by atoms with Crippen LogP contribution in [0, 0.1) is 11.7 Å². The van der Waals surface area contributed by atoms with Crippen LogP contribution in [0.3, 0.4) is 0 Å². The Morgan fingerprint density at radius 1 is 1.17 bits per heavy atom. The molecule has 0 bridgehead atoms. The molecule has 2 aliphatic heterocycles. The number of hydrogen-bond acceptors (Lipinski definition) is 4. The standard InChI is InChI=1S/C23H27BrFNO3.ClH/c1-2-3-9-26-10-8-19(16-4-6-18(25)7-5-16)17(13-26)14-27-21-12-23-22(11-20(21)24)28-15-29-23;/h4-7,11-12,17,19H,2-3,8-10,13-15H2,1H3;1H/t17-,19-;/m1./s1. The van der Waals surface area contributed by atoms with Gasteiger partial charge in [-0.25, -0.2) is 4.39 Å². The molecule has 1 saturated heterocycles. The van der Waals surface area contributed by atoms with Crippen molar-refractivity contribution in [1.82, 2.24) is 4.90 Å². The van der Waals surface area contributed by atoms with Gasteiger partial charge in [-0.1, -0.05) is 25.5 Å². The zero-order chi connectivity index (χ0) is 20.2. The van der Waals surface area contributed by atoms with Crippen molar-refractivity contribution in [1.29, 1.82) is 0 Å². The van der Waals surface area contributed by atoms with Gasteiger partial charge < -0.3 is 19.1 Å².